The lowest BCUT2D eigenvalue weighted by Gasteiger charge is -2.19. The van der Waals surface area contributed by atoms with Gasteiger partial charge in [-0.05, 0) is 29.5 Å². The smallest absolute Gasteiger partial charge is 0.285 e. The fourth-order valence-electron chi connectivity index (χ4n) is 2.28. The van der Waals surface area contributed by atoms with E-state index in [0.717, 1.165) is 5.75 Å². The van der Waals surface area contributed by atoms with Crippen molar-refractivity contribution in [1.82, 2.24) is 4.57 Å². The van der Waals surface area contributed by atoms with E-state index in [-0.39, 0.29) is 16.7 Å². The van der Waals surface area contributed by atoms with Crippen molar-refractivity contribution in [3.05, 3.63) is 68.6 Å². The highest BCUT2D eigenvalue weighted by Gasteiger charge is 2.14. The molecule has 128 valence electrons. The van der Waals surface area contributed by atoms with Gasteiger partial charge in [0.25, 0.3) is 11.2 Å². The first-order valence-corrected chi connectivity index (χ1v) is 7.85. The van der Waals surface area contributed by atoms with E-state index in [9.17, 15) is 14.9 Å². The van der Waals surface area contributed by atoms with Crippen molar-refractivity contribution in [1.29, 1.82) is 0 Å². The molecule has 2 rings (SSSR count). The molecule has 6 heteroatoms. The summed E-state index contributed by atoms with van der Waals surface area (Å²) in [6.45, 7) is 7.23. The third kappa shape index (κ3) is 4.68. The first-order valence-electron chi connectivity index (χ1n) is 7.85. The Morgan fingerprint density at radius 3 is 2.62 bits per heavy atom. The van der Waals surface area contributed by atoms with Crippen LogP contribution in [0.5, 0.6) is 5.75 Å². The number of benzene rings is 1. The van der Waals surface area contributed by atoms with E-state index in [0.29, 0.717) is 19.6 Å². The van der Waals surface area contributed by atoms with Crippen LogP contribution in [0.3, 0.4) is 0 Å². The van der Waals surface area contributed by atoms with Crippen LogP contribution in [0.15, 0.2) is 47.4 Å². The molecule has 1 aromatic carbocycles. The third-order valence-electron chi connectivity index (χ3n) is 3.69. The topological polar surface area (TPSA) is 74.4 Å². The zero-order valence-electron chi connectivity index (χ0n) is 14.2. The second kappa shape index (κ2) is 7.29. The number of rotatable bonds is 6. The Bertz CT molecular complexity index is 775. The van der Waals surface area contributed by atoms with Gasteiger partial charge in [0.05, 0.1) is 17.7 Å². The average molecular weight is 330 g/mol. The summed E-state index contributed by atoms with van der Waals surface area (Å²) in [5.74, 6) is 0.786. The zero-order valence-corrected chi connectivity index (χ0v) is 14.2. The van der Waals surface area contributed by atoms with Crippen molar-refractivity contribution in [2.75, 3.05) is 6.61 Å². The van der Waals surface area contributed by atoms with Gasteiger partial charge in [-0.1, -0.05) is 32.9 Å². The molecule has 2 aromatic rings. The van der Waals surface area contributed by atoms with Crippen molar-refractivity contribution in [3.8, 4) is 5.75 Å². The minimum absolute atomic E-state index is 0.0512. The Kier molecular flexibility index (Phi) is 5.39. The first kappa shape index (κ1) is 17.7. The summed E-state index contributed by atoms with van der Waals surface area (Å²) in [7, 11) is 0. The van der Waals surface area contributed by atoms with E-state index >= 15 is 0 Å². The maximum absolute atomic E-state index is 11.7. The van der Waals surface area contributed by atoms with Crippen LogP contribution in [0, 0.1) is 10.1 Å². The van der Waals surface area contributed by atoms with E-state index < -0.39 is 4.92 Å². The SMILES string of the molecule is CC(C)(C)c1cccc(OCCCn2cc([N+](=O)[O-])ccc2=O)c1. The molecule has 0 spiro atoms. The summed E-state index contributed by atoms with van der Waals surface area (Å²) in [5.41, 5.74) is 0.897. The maximum atomic E-state index is 11.7. The summed E-state index contributed by atoms with van der Waals surface area (Å²) in [6, 6.07) is 10.4. The van der Waals surface area contributed by atoms with Crippen LogP contribution in [0.25, 0.3) is 0 Å². The molecular weight excluding hydrogens is 308 g/mol. The van der Waals surface area contributed by atoms with Crippen LogP contribution < -0.4 is 10.3 Å². The van der Waals surface area contributed by atoms with E-state index in [1.54, 1.807) is 0 Å². The van der Waals surface area contributed by atoms with Crippen LogP contribution >= 0.6 is 0 Å². The summed E-state index contributed by atoms with van der Waals surface area (Å²) in [5, 5.41) is 10.8. The Hall–Kier alpha value is -2.63. The van der Waals surface area contributed by atoms with Gasteiger partial charge in [0.2, 0.25) is 0 Å². The van der Waals surface area contributed by atoms with Crippen LogP contribution in [0.1, 0.15) is 32.8 Å². The van der Waals surface area contributed by atoms with Gasteiger partial charge in [0, 0.05) is 18.7 Å². The predicted octanol–water partition coefficient (Wildman–Crippen LogP) is 3.52. The normalized spacial score (nSPS) is 11.3. The van der Waals surface area contributed by atoms with E-state index in [1.807, 2.05) is 18.2 Å². The van der Waals surface area contributed by atoms with E-state index in [1.165, 1.54) is 28.5 Å². The Morgan fingerprint density at radius 1 is 1.21 bits per heavy atom. The minimum atomic E-state index is -0.509. The van der Waals surface area contributed by atoms with Gasteiger partial charge in [0.15, 0.2) is 0 Å². The number of hydrogen-bond acceptors (Lipinski definition) is 4. The molecule has 24 heavy (non-hydrogen) atoms. The molecule has 0 fully saturated rings. The molecule has 0 unspecified atom stereocenters. The van der Waals surface area contributed by atoms with Gasteiger partial charge in [-0.25, -0.2) is 0 Å². The molecule has 0 aliphatic heterocycles. The van der Waals surface area contributed by atoms with Crippen molar-refractivity contribution in [3.63, 3.8) is 0 Å². The van der Waals surface area contributed by atoms with Crippen molar-refractivity contribution in [2.24, 2.45) is 0 Å². The lowest BCUT2D eigenvalue weighted by molar-refractivity contribution is -0.385. The second-order valence-corrected chi connectivity index (χ2v) is 6.66. The highest BCUT2D eigenvalue weighted by Crippen LogP contribution is 2.25. The van der Waals surface area contributed by atoms with Crippen LogP contribution in [0.2, 0.25) is 0 Å². The Morgan fingerprint density at radius 2 is 1.96 bits per heavy atom. The number of nitrogens with zero attached hydrogens (tertiary/aromatic N) is 2. The number of nitro groups is 1. The molecular formula is C18H22N2O4. The quantitative estimate of drug-likeness (QED) is 0.461. The molecule has 0 atom stereocenters. The van der Waals surface area contributed by atoms with Gasteiger partial charge in [-0.3, -0.25) is 14.9 Å². The lowest BCUT2D eigenvalue weighted by Crippen LogP contribution is -2.20. The van der Waals surface area contributed by atoms with E-state index in [4.69, 9.17) is 4.74 Å². The molecule has 0 aliphatic rings. The molecule has 1 aromatic heterocycles. The molecule has 0 N–H and O–H groups in total. The molecule has 0 bridgehead atoms. The minimum Gasteiger partial charge on any atom is -0.494 e. The number of pyridine rings is 1. The number of hydrogen-bond donors (Lipinski definition) is 0. The van der Waals surface area contributed by atoms with E-state index in [2.05, 4.69) is 26.8 Å². The largest absolute Gasteiger partial charge is 0.494 e. The van der Waals surface area contributed by atoms with Gasteiger partial charge in [0.1, 0.15) is 5.75 Å². The summed E-state index contributed by atoms with van der Waals surface area (Å²) in [4.78, 5) is 22.0. The molecule has 0 aliphatic carbocycles. The molecule has 0 saturated carbocycles. The van der Waals surface area contributed by atoms with Crippen LogP contribution in [0.4, 0.5) is 5.69 Å². The molecule has 6 nitrogen and oxygen atoms in total. The zero-order chi connectivity index (χ0) is 17.7. The molecule has 0 amide bonds. The average Bonchev–Trinajstić information content (AvgIpc) is 2.52. The van der Waals surface area contributed by atoms with Gasteiger partial charge in [-0.2, -0.15) is 0 Å². The summed E-state index contributed by atoms with van der Waals surface area (Å²) < 4.78 is 7.07. The van der Waals surface area contributed by atoms with Crippen molar-refractivity contribution >= 4 is 5.69 Å². The maximum Gasteiger partial charge on any atom is 0.285 e. The third-order valence-corrected chi connectivity index (χ3v) is 3.69. The summed E-state index contributed by atoms with van der Waals surface area (Å²) >= 11 is 0. The fourth-order valence-corrected chi connectivity index (χ4v) is 2.28. The Labute approximate surface area is 140 Å². The highest BCUT2D eigenvalue weighted by atomic mass is 16.6. The molecule has 1 heterocycles. The van der Waals surface area contributed by atoms with Gasteiger partial charge >= 0.3 is 0 Å². The Balaban J connectivity index is 1.93. The van der Waals surface area contributed by atoms with Crippen molar-refractivity contribution in [2.45, 2.75) is 39.2 Å². The number of aromatic nitrogens is 1. The highest BCUT2D eigenvalue weighted by molar-refractivity contribution is 5.32. The van der Waals surface area contributed by atoms with Crippen LogP contribution in [-0.2, 0) is 12.0 Å². The molecule has 0 radical (unpaired) electrons. The first-order chi connectivity index (χ1) is 11.3. The van der Waals surface area contributed by atoms with Crippen LogP contribution in [-0.4, -0.2) is 16.1 Å². The van der Waals surface area contributed by atoms with Crippen molar-refractivity contribution < 1.29 is 9.66 Å². The van der Waals surface area contributed by atoms with Gasteiger partial charge in [-0.15, -0.1) is 0 Å². The fraction of sp³-hybridized carbons (Fsp3) is 0.389. The molecule has 0 saturated heterocycles. The monoisotopic (exact) mass is 330 g/mol. The lowest BCUT2D eigenvalue weighted by atomic mass is 9.87. The standard InChI is InChI=1S/C18H22N2O4/c1-18(2,3)14-6-4-7-16(12-14)24-11-5-10-19-13-15(20(22)23)8-9-17(19)21/h4,6-9,12-13H,5,10-11H2,1-3H3. The second-order valence-electron chi connectivity index (χ2n) is 6.66. The predicted molar refractivity (Wildman–Crippen MR) is 92.6 cm³/mol. The van der Waals surface area contributed by atoms with Gasteiger partial charge < -0.3 is 9.30 Å². The number of aryl methyl sites for hydroxylation is 1. The summed E-state index contributed by atoms with van der Waals surface area (Å²) in [6.07, 6.45) is 1.85. The number of ether oxygens (including phenoxy) is 1.